The second-order valence-corrected chi connectivity index (χ2v) is 5.66. The average Bonchev–Trinajstić information content (AvgIpc) is 2.82. The number of hydrogen-bond acceptors (Lipinski definition) is 4. The molecule has 1 heterocycles. The van der Waals surface area contributed by atoms with Crippen LogP contribution in [-0.2, 0) is 17.8 Å². The number of nitrogens with one attached hydrogen (secondary N) is 1. The minimum atomic E-state index is 0.810. The average molecular weight is 270 g/mol. The van der Waals surface area contributed by atoms with Crippen molar-refractivity contribution in [2.75, 3.05) is 33.4 Å². The highest BCUT2D eigenvalue weighted by molar-refractivity contribution is 7.11. The fourth-order valence-electron chi connectivity index (χ4n) is 1.78. The zero-order chi connectivity index (χ0) is 13.2. The van der Waals surface area contributed by atoms with Crippen LogP contribution in [0.4, 0.5) is 0 Å². The minimum Gasteiger partial charge on any atom is -0.383 e. The van der Waals surface area contributed by atoms with Crippen LogP contribution in [0.15, 0.2) is 12.1 Å². The van der Waals surface area contributed by atoms with Gasteiger partial charge in [-0.15, -0.1) is 11.3 Å². The second kappa shape index (κ2) is 9.50. The van der Waals surface area contributed by atoms with Crippen LogP contribution in [-0.4, -0.2) is 38.3 Å². The Morgan fingerprint density at radius 3 is 2.72 bits per heavy atom. The maximum atomic E-state index is 5.13. The molecule has 0 saturated carbocycles. The molecule has 0 atom stereocenters. The lowest BCUT2D eigenvalue weighted by molar-refractivity contribution is 0.148. The van der Waals surface area contributed by atoms with Gasteiger partial charge in [0.05, 0.1) is 6.61 Å². The zero-order valence-electron chi connectivity index (χ0n) is 11.9. The Hall–Kier alpha value is -0.420. The van der Waals surface area contributed by atoms with Crippen molar-refractivity contribution in [2.24, 2.45) is 0 Å². The van der Waals surface area contributed by atoms with Gasteiger partial charge >= 0.3 is 0 Å². The van der Waals surface area contributed by atoms with Crippen molar-refractivity contribution < 1.29 is 4.74 Å². The molecule has 1 rings (SSSR count). The maximum Gasteiger partial charge on any atom is 0.0589 e. The summed E-state index contributed by atoms with van der Waals surface area (Å²) in [7, 11) is 1.76. The molecule has 1 N–H and O–H groups in total. The standard InChI is InChI=1S/C14H26N2OS/c1-4-8-15-11-13-6-7-14(18-13)12-16(5-2)9-10-17-3/h6-7,15H,4-5,8-12H2,1-3H3. The van der Waals surface area contributed by atoms with E-state index in [2.05, 4.69) is 36.2 Å². The summed E-state index contributed by atoms with van der Waals surface area (Å²) >= 11 is 1.92. The van der Waals surface area contributed by atoms with Crippen LogP contribution in [0, 0.1) is 0 Å². The molecule has 0 amide bonds. The van der Waals surface area contributed by atoms with Gasteiger partial charge in [-0.1, -0.05) is 13.8 Å². The summed E-state index contributed by atoms with van der Waals surface area (Å²) in [6.07, 6.45) is 1.19. The number of thiophene rings is 1. The molecule has 0 aliphatic rings. The molecule has 0 aromatic carbocycles. The molecular weight excluding hydrogens is 244 g/mol. The second-order valence-electron chi connectivity index (χ2n) is 4.41. The molecule has 0 unspecified atom stereocenters. The van der Waals surface area contributed by atoms with Crippen molar-refractivity contribution in [1.82, 2.24) is 10.2 Å². The van der Waals surface area contributed by atoms with E-state index in [1.54, 1.807) is 7.11 Å². The van der Waals surface area contributed by atoms with Gasteiger partial charge in [-0.2, -0.15) is 0 Å². The predicted octanol–water partition coefficient (Wildman–Crippen LogP) is 2.72. The lowest BCUT2D eigenvalue weighted by Crippen LogP contribution is -2.26. The third-order valence-electron chi connectivity index (χ3n) is 2.88. The molecule has 104 valence electrons. The monoisotopic (exact) mass is 270 g/mol. The van der Waals surface area contributed by atoms with Gasteiger partial charge in [0.15, 0.2) is 0 Å². The molecule has 0 bridgehead atoms. The van der Waals surface area contributed by atoms with Crippen LogP contribution >= 0.6 is 11.3 Å². The molecule has 18 heavy (non-hydrogen) atoms. The molecule has 3 nitrogen and oxygen atoms in total. The van der Waals surface area contributed by atoms with Gasteiger partial charge in [-0.3, -0.25) is 4.90 Å². The molecule has 0 fully saturated rings. The highest BCUT2D eigenvalue weighted by Crippen LogP contribution is 2.18. The zero-order valence-corrected chi connectivity index (χ0v) is 12.7. The first-order chi connectivity index (χ1) is 8.80. The van der Waals surface area contributed by atoms with Crippen LogP contribution in [0.3, 0.4) is 0 Å². The molecular formula is C14H26N2OS. The fraction of sp³-hybridized carbons (Fsp3) is 0.714. The third-order valence-corrected chi connectivity index (χ3v) is 3.95. The Balaban J connectivity index is 2.36. The number of hydrogen-bond donors (Lipinski definition) is 1. The Morgan fingerprint density at radius 1 is 1.28 bits per heavy atom. The Labute approximate surface area is 115 Å². The highest BCUT2D eigenvalue weighted by atomic mass is 32.1. The molecule has 1 aromatic rings. The van der Waals surface area contributed by atoms with E-state index in [0.29, 0.717) is 0 Å². The minimum absolute atomic E-state index is 0.810. The first-order valence-electron chi connectivity index (χ1n) is 6.79. The Kier molecular flexibility index (Phi) is 8.25. The summed E-state index contributed by atoms with van der Waals surface area (Å²) in [5.41, 5.74) is 0. The first-order valence-corrected chi connectivity index (χ1v) is 7.61. The van der Waals surface area contributed by atoms with Crippen molar-refractivity contribution >= 4 is 11.3 Å². The molecule has 0 saturated heterocycles. The number of methoxy groups -OCH3 is 1. The first kappa shape index (κ1) is 15.6. The van der Waals surface area contributed by atoms with Gasteiger partial charge in [0.2, 0.25) is 0 Å². The van der Waals surface area contributed by atoms with E-state index in [0.717, 1.165) is 39.3 Å². The van der Waals surface area contributed by atoms with Crippen molar-refractivity contribution in [2.45, 2.75) is 33.4 Å². The lowest BCUT2D eigenvalue weighted by atomic mass is 10.3. The van der Waals surface area contributed by atoms with Crippen LogP contribution in [0.1, 0.15) is 30.0 Å². The number of likely N-dealkylation sites (N-methyl/N-ethyl adjacent to an activating group) is 1. The summed E-state index contributed by atoms with van der Waals surface area (Å²) in [4.78, 5) is 5.29. The largest absolute Gasteiger partial charge is 0.383 e. The Bertz CT molecular complexity index is 314. The summed E-state index contributed by atoms with van der Waals surface area (Å²) in [6, 6.07) is 4.50. The van der Waals surface area contributed by atoms with Gasteiger partial charge in [-0.25, -0.2) is 0 Å². The quantitative estimate of drug-likeness (QED) is 0.662. The fourth-order valence-corrected chi connectivity index (χ4v) is 2.81. The van der Waals surface area contributed by atoms with E-state index in [1.807, 2.05) is 11.3 Å². The Morgan fingerprint density at radius 2 is 2.06 bits per heavy atom. The summed E-state index contributed by atoms with van der Waals surface area (Å²) in [5, 5.41) is 3.44. The smallest absolute Gasteiger partial charge is 0.0589 e. The maximum absolute atomic E-state index is 5.13. The number of nitrogens with zero attached hydrogens (tertiary/aromatic N) is 1. The van der Waals surface area contributed by atoms with E-state index in [9.17, 15) is 0 Å². The molecule has 1 aromatic heterocycles. The van der Waals surface area contributed by atoms with Gasteiger partial charge in [0.25, 0.3) is 0 Å². The summed E-state index contributed by atoms with van der Waals surface area (Å²) in [6.45, 7) is 10.4. The lowest BCUT2D eigenvalue weighted by Gasteiger charge is -2.18. The van der Waals surface area contributed by atoms with Crippen LogP contribution < -0.4 is 5.32 Å². The number of ether oxygens (including phenoxy) is 1. The molecule has 4 heteroatoms. The van der Waals surface area contributed by atoms with E-state index < -0.39 is 0 Å². The molecule has 0 radical (unpaired) electrons. The normalized spacial score (nSPS) is 11.3. The van der Waals surface area contributed by atoms with Crippen LogP contribution in [0.25, 0.3) is 0 Å². The van der Waals surface area contributed by atoms with Gasteiger partial charge < -0.3 is 10.1 Å². The van der Waals surface area contributed by atoms with Crippen molar-refractivity contribution in [3.8, 4) is 0 Å². The van der Waals surface area contributed by atoms with Crippen molar-refractivity contribution in [3.63, 3.8) is 0 Å². The molecule has 0 aliphatic heterocycles. The number of rotatable bonds is 10. The SMILES string of the molecule is CCCNCc1ccc(CN(CC)CCOC)s1. The van der Waals surface area contributed by atoms with Gasteiger partial charge in [0.1, 0.15) is 0 Å². The molecule has 0 spiro atoms. The summed E-state index contributed by atoms with van der Waals surface area (Å²) in [5.74, 6) is 0. The predicted molar refractivity (Wildman–Crippen MR) is 79.1 cm³/mol. The summed E-state index contributed by atoms with van der Waals surface area (Å²) < 4.78 is 5.13. The van der Waals surface area contributed by atoms with E-state index in [1.165, 1.54) is 16.2 Å². The van der Waals surface area contributed by atoms with E-state index in [-0.39, 0.29) is 0 Å². The van der Waals surface area contributed by atoms with Crippen LogP contribution in [0.2, 0.25) is 0 Å². The molecule has 0 aliphatic carbocycles. The van der Waals surface area contributed by atoms with Gasteiger partial charge in [-0.05, 0) is 31.6 Å². The third kappa shape index (κ3) is 5.96. The van der Waals surface area contributed by atoms with Crippen molar-refractivity contribution in [3.05, 3.63) is 21.9 Å². The van der Waals surface area contributed by atoms with Gasteiger partial charge in [0, 0.05) is 36.5 Å². The van der Waals surface area contributed by atoms with E-state index in [4.69, 9.17) is 4.74 Å². The van der Waals surface area contributed by atoms with Crippen molar-refractivity contribution in [1.29, 1.82) is 0 Å². The van der Waals surface area contributed by atoms with E-state index >= 15 is 0 Å². The topological polar surface area (TPSA) is 24.5 Å². The highest BCUT2D eigenvalue weighted by Gasteiger charge is 2.06. The van der Waals surface area contributed by atoms with Crippen LogP contribution in [0.5, 0.6) is 0 Å².